The smallest absolute Gasteiger partial charge is 0.227 e. The van der Waals surface area contributed by atoms with Gasteiger partial charge < -0.3 is 4.90 Å². The van der Waals surface area contributed by atoms with E-state index in [9.17, 15) is 4.79 Å². The van der Waals surface area contributed by atoms with E-state index < -0.39 is 0 Å². The minimum atomic E-state index is 0.173. The topological polar surface area (TPSA) is 23.6 Å². The molecule has 0 bridgehead atoms. The van der Waals surface area contributed by atoms with Crippen LogP contribution in [0.2, 0.25) is 5.02 Å². The number of hydrogen-bond acceptors (Lipinski definition) is 2. The summed E-state index contributed by atoms with van der Waals surface area (Å²) in [5.41, 5.74) is 0.913. The second-order valence-corrected chi connectivity index (χ2v) is 6.31. The summed E-state index contributed by atoms with van der Waals surface area (Å²) >= 11 is 6.13. The molecular formula is C18H25ClN2O. The molecule has 120 valence electrons. The predicted molar refractivity (Wildman–Crippen MR) is 92.2 cm³/mol. The lowest BCUT2D eigenvalue weighted by atomic mass is 10.1. The molecule has 1 saturated heterocycles. The lowest BCUT2D eigenvalue weighted by Gasteiger charge is -2.38. The molecule has 1 heterocycles. The Bertz CT molecular complexity index is 510. The van der Waals surface area contributed by atoms with Crippen LogP contribution in [0.15, 0.2) is 36.9 Å². The Hall–Kier alpha value is -1.32. The number of rotatable bonds is 6. The first-order valence-corrected chi connectivity index (χ1v) is 8.35. The normalized spacial score (nSPS) is 17.3. The molecule has 0 aliphatic carbocycles. The summed E-state index contributed by atoms with van der Waals surface area (Å²) in [6, 6.07) is 8.13. The molecule has 0 aromatic heterocycles. The summed E-state index contributed by atoms with van der Waals surface area (Å²) in [5, 5.41) is 0.674. The number of amides is 1. The van der Waals surface area contributed by atoms with E-state index in [2.05, 4.69) is 18.4 Å². The van der Waals surface area contributed by atoms with Crippen LogP contribution >= 0.6 is 11.6 Å². The van der Waals surface area contributed by atoms with Gasteiger partial charge in [-0.05, 0) is 31.4 Å². The van der Waals surface area contributed by atoms with E-state index in [1.54, 1.807) is 0 Å². The third kappa shape index (κ3) is 4.59. The Morgan fingerprint density at radius 2 is 2.00 bits per heavy atom. The molecule has 0 N–H and O–H groups in total. The van der Waals surface area contributed by atoms with Crippen LogP contribution in [0.1, 0.15) is 25.3 Å². The summed E-state index contributed by atoms with van der Waals surface area (Å²) in [6.45, 7) is 9.55. The fraction of sp³-hybridized carbons (Fsp3) is 0.500. The molecule has 1 atom stereocenters. The summed E-state index contributed by atoms with van der Waals surface area (Å²) in [7, 11) is 0. The van der Waals surface area contributed by atoms with Gasteiger partial charge in [-0.15, -0.1) is 6.58 Å². The summed E-state index contributed by atoms with van der Waals surface area (Å²) in [4.78, 5) is 16.8. The van der Waals surface area contributed by atoms with Crippen LogP contribution in [0.4, 0.5) is 0 Å². The van der Waals surface area contributed by atoms with Gasteiger partial charge in [-0.1, -0.05) is 35.9 Å². The van der Waals surface area contributed by atoms with Crippen LogP contribution in [0.5, 0.6) is 0 Å². The Balaban J connectivity index is 1.82. The van der Waals surface area contributed by atoms with E-state index in [0.29, 0.717) is 17.5 Å². The quantitative estimate of drug-likeness (QED) is 0.750. The number of allylic oxidation sites excluding steroid dienone is 1. The van der Waals surface area contributed by atoms with Gasteiger partial charge in [0.25, 0.3) is 0 Å². The van der Waals surface area contributed by atoms with Crippen LogP contribution in [0, 0.1) is 0 Å². The number of benzene rings is 1. The zero-order valence-electron chi connectivity index (χ0n) is 13.3. The highest BCUT2D eigenvalue weighted by atomic mass is 35.5. The van der Waals surface area contributed by atoms with Crippen molar-refractivity contribution in [2.75, 3.05) is 26.2 Å². The fourth-order valence-electron chi connectivity index (χ4n) is 2.87. The van der Waals surface area contributed by atoms with Gasteiger partial charge in [-0.2, -0.15) is 0 Å². The predicted octanol–water partition coefficient (Wildman–Crippen LogP) is 3.38. The first-order valence-electron chi connectivity index (χ1n) is 7.98. The van der Waals surface area contributed by atoms with Gasteiger partial charge >= 0.3 is 0 Å². The van der Waals surface area contributed by atoms with Crippen molar-refractivity contribution in [2.24, 2.45) is 0 Å². The molecule has 1 aromatic carbocycles. The number of piperazine rings is 1. The van der Waals surface area contributed by atoms with Crippen molar-refractivity contribution >= 4 is 17.5 Å². The molecule has 0 unspecified atom stereocenters. The van der Waals surface area contributed by atoms with E-state index in [1.807, 2.05) is 35.2 Å². The van der Waals surface area contributed by atoms with Crippen LogP contribution in [-0.2, 0) is 11.2 Å². The van der Waals surface area contributed by atoms with E-state index in [4.69, 9.17) is 11.6 Å². The molecule has 1 aromatic rings. The maximum atomic E-state index is 12.4. The molecule has 22 heavy (non-hydrogen) atoms. The minimum absolute atomic E-state index is 0.173. The molecule has 3 nitrogen and oxygen atoms in total. The third-order valence-electron chi connectivity index (χ3n) is 4.38. The Labute approximate surface area is 138 Å². The fourth-order valence-corrected chi connectivity index (χ4v) is 3.07. The molecule has 0 spiro atoms. The van der Waals surface area contributed by atoms with Crippen molar-refractivity contribution in [3.63, 3.8) is 0 Å². The van der Waals surface area contributed by atoms with Crippen molar-refractivity contribution in [1.29, 1.82) is 0 Å². The lowest BCUT2D eigenvalue weighted by molar-refractivity contribution is -0.132. The lowest BCUT2D eigenvalue weighted by Crippen LogP contribution is -2.51. The molecular weight excluding hydrogens is 296 g/mol. The van der Waals surface area contributed by atoms with E-state index in [0.717, 1.165) is 44.6 Å². The van der Waals surface area contributed by atoms with Crippen molar-refractivity contribution < 1.29 is 4.79 Å². The number of carbonyl (C=O) groups is 1. The number of halogens is 1. The minimum Gasteiger partial charge on any atom is -0.340 e. The second kappa shape index (κ2) is 8.35. The molecule has 2 rings (SSSR count). The molecule has 1 aliphatic rings. The molecule has 0 saturated carbocycles. The van der Waals surface area contributed by atoms with Crippen molar-refractivity contribution in [2.45, 2.75) is 32.2 Å². The van der Waals surface area contributed by atoms with Gasteiger partial charge in [0.2, 0.25) is 5.91 Å². The van der Waals surface area contributed by atoms with Crippen LogP contribution in [-0.4, -0.2) is 47.9 Å². The molecule has 0 radical (unpaired) electrons. The number of hydrogen-bond donors (Lipinski definition) is 0. The zero-order valence-corrected chi connectivity index (χ0v) is 14.1. The van der Waals surface area contributed by atoms with Gasteiger partial charge in [0.15, 0.2) is 0 Å². The second-order valence-electron chi connectivity index (χ2n) is 5.90. The van der Waals surface area contributed by atoms with Crippen molar-refractivity contribution in [3.8, 4) is 0 Å². The molecule has 1 aliphatic heterocycles. The number of nitrogens with zero attached hydrogens (tertiary/aromatic N) is 2. The molecule has 1 fully saturated rings. The van der Waals surface area contributed by atoms with Crippen molar-refractivity contribution in [3.05, 3.63) is 47.5 Å². The summed E-state index contributed by atoms with van der Waals surface area (Å²) < 4.78 is 0. The largest absolute Gasteiger partial charge is 0.340 e. The summed E-state index contributed by atoms with van der Waals surface area (Å²) in [5.74, 6) is 0.173. The Morgan fingerprint density at radius 1 is 1.32 bits per heavy atom. The van der Waals surface area contributed by atoms with Gasteiger partial charge in [-0.25, -0.2) is 0 Å². The first kappa shape index (κ1) is 17.0. The van der Waals surface area contributed by atoms with Crippen LogP contribution < -0.4 is 0 Å². The number of carbonyl (C=O) groups excluding carboxylic acids is 1. The van der Waals surface area contributed by atoms with Crippen LogP contribution in [0.25, 0.3) is 0 Å². The van der Waals surface area contributed by atoms with Gasteiger partial charge in [0, 0.05) is 37.2 Å². The average molecular weight is 321 g/mol. The van der Waals surface area contributed by atoms with E-state index in [-0.39, 0.29) is 5.91 Å². The maximum Gasteiger partial charge on any atom is 0.227 e. The third-order valence-corrected chi connectivity index (χ3v) is 4.75. The maximum absolute atomic E-state index is 12.4. The standard InChI is InChI=1S/C18H25ClN2O/c1-3-4-7-15(2)20-10-12-21(13-11-20)18(22)14-16-8-5-6-9-17(16)19/h3,5-6,8-9,15H,1,4,7,10-14H2,2H3/t15-/m0/s1. The highest BCUT2D eigenvalue weighted by molar-refractivity contribution is 6.31. The highest BCUT2D eigenvalue weighted by Gasteiger charge is 2.23. The Morgan fingerprint density at radius 3 is 2.64 bits per heavy atom. The van der Waals surface area contributed by atoms with Gasteiger partial charge in [-0.3, -0.25) is 9.69 Å². The molecule has 1 amide bonds. The monoisotopic (exact) mass is 320 g/mol. The van der Waals surface area contributed by atoms with Gasteiger partial charge in [0.1, 0.15) is 0 Å². The Kier molecular flexibility index (Phi) is 6.47. The van der Waals surface area contributed by atoms with Gasteiger partial charge in [0.05, 0.1) is 6.42 Å². The SMILES string of the molecule is C=CCC[C@H](C)N1CCN(C(=O)Cc2ccccc2Cl)CC1. The van der Waals surface area contributed by atoms with E-state index >= 15 is 0 Å². The molecule has 4 heteroatoms. The summed E-state index contributed by atoms with van der Waals surface area (Å²) in [6.07, 6.45) is 4.55. The first-order chi connectivity index (χ1) is 10.6. The van der Waals surface area contributed by atoms with Crippen molar-refractivity contribution in [1.82, 2.24) is 9.80 Å². The average Bonchev–Trinajstić information content (AvgIpc) is 2.55. The van der Waals surface area contributed by atoms with Crippen LogP contribution in [0.3, 0.4) is 0 Å². The zero-order chi connectivity index (χ0) is 15.9. The van der Waals surface area contributed by atoms with E-state index in [1.165, 1.54) is 0 Å². The highest BCUT2D eigenvalue weighted by Crippen LogP contribution is 2.17.